The second-order valence-electron chi connectivity index (χ2n) is 5.99. The molecule has 1 aliphatic carbocycles. The molecule has 0 radical (unpaired) electrons. The topological polar surface area (TPSA) is 111 Å². The Balaban J connectivity index is 1.73. The maximum absolute atomic E-state index is 12.5. The standard InChI is InChI=1S/C17H13F4N3O5/c18-16(19)28-11-2-1-7(3-12(11)29-17(20)21)8-4-9(8)14(25)24-13-10(15(26)27)5-22-6-23-13/h1-3,5-6,8-9,16-17H,4H2,(H,26,27)(H,22,23,24,25). The molecule has 0 bridgehead atoms. The van der Waals surface area contributed by atoms with Crippen molar-refractivity contribution in [3.8, 4) is 11.5 Å². The van der Waals surface area contributed by atoms with E-state index in [1.165, 1.54) is 6.07 Å². The van der Waals surface area contributed by atoms with Gasteiger partial charge in [0.2, 0.25) is 5.91 Å². The van der Waals surface area contributed by atoms with E-state index in [-0.39, 0.29) is 11.4 Å². The average Bonchev–Trinajstić information content (AvgIpc) is 3.43. The molecular weight excluding hydrogens is 402 g/mol. The summed E-state index contributed by atoms with van der Waals surface area (Å²) in [4.78, 5) is 30.8. The number of carbonyl (C=O) groups excluding carboxylic acids is 1. The SMILES string of the molecule is O=C(O)c1cncnc1NC(=O)C1CC1c1ccc(OC(F)F)c(OC(F)F)c1. The zero-order valence-electron chi connectivity index (χ0n) is 14.4. The third kappa shape index (κ3) is 4.89. The first-order valence-electron chi connectivity index (χ1n) is 8.14. The van der Waals surface area contributed by atoms with Gasteiger partial charge in [0.1, 0.15) is 11.9 Å². The number of amides is 1. The van der Waals surface area contributed by atoms with Crippen molar-refractivity contribution in [2.45, 2.75) is 25.6 Å². The highest BCUT2D eigenvalue weighted by molar-refractivity contribution is 6.00. The van der Waals surface area contributed by atoms with Crippen molar-refractivity contribution in [2.24, 2.45) is 5.92 Å². The van der Waals surface area contributed by atoms with Gasteiger partial charge in [-0.25, -0.2) is 14.8 Å². The minimum absolute atomic E-state index is 0.175. The van der Waals surface area contributed by atoms with Crippen molar-refractivity contribution < 1.29 is 41.7 Å². The fourth-order valence-corrected chi connectivity index (χ4v) is 2.79. The molecule has 2 aromatic rings. The third-order valence-electron chi connectivity index (χ3n) is 4.14. The van der Waals surface area contributed by atoms with Crippen LogP contribution in [0.2, 0.25) is 0 Å². The number of carbonyl (C=O) groups is 2. The van der Waals surface area contributed by atoms with Crippen LogP contribution < -0.4 is 14.8 Å². The lowest BCUT2D eigenvalue weighted by Gasteiger charge is -2.13. The van der Waals surface area contributed by atoms with Crippen LogP contribution in [0.4, 0.5) is 23.4 Å². The Bertz CT molecular complexity index is 928. The van der Waals surface area contributed by atoms with Gasteiger partial charge in [-0.2, -0.15) is 17.6 Å². The molecule has 1 heterocycles. The average molecular weight is 415 g/mol. The number of carboxylic acids is 1. The molecule has 12 heteroatoms. The van der Waals surface area contributed by atoms with Crippen LogP contribution in [0.3, 0.4) is 0 Å². The first-order valence-corrected chi connectivity index (χ1v) is 8.14. The number of hydrogen-bond acceptors (Lipinski definition) is 6. The van der Waals surface area contributed by atoms with Crippen LogP contribution in [0.25, 0.3) is 0 Å². The van der Waals surface area contributed by atoms with Gasteiger partial charge >= 0.3 is 19.2 Å². The first kappa shape index (κ1) is 20.3. The van der Waals surface area contributed by atoms with Crippen molar-refractivity contribution in [3.63, 3.8) is 0 Å². The summed E-state index contributed by atoms with van der Waals surface area (Å²) >= 11 is 0. The molecule has 3 rings (SSSR count). The minimum atomic E-state index is -3.25. The number of anilines is 1. The Morgan fingerprint density at radius 3 is 2.48 bits per heavy atom. The van der Waals surface area contributed by atoms with Crippen molar-refractivity contribution in [1.82, 2.24) is 9.97 Å². The van der Waals surface area contributed by atoms with Crippen molar-refractivity contribution in [2.75, 3.05) is 5.32 Å². The van der Waals surface area contributed by atoms with E-state index in [9.17, 15) is 27.2 Å². The summed E-state index contributed by atoms with van der Waals surface area (Å²) in [5, 5.41) is 11.5. The van der Waals surface area contributed by atoms with Gasteiger partial charge in [0.25, 0.3) is 0 Å². The van der Waals surface area contributed by atoms with Crippen LogP contribution in [0.15, 0.2) is 30.7 Å². The summed E-state index contributed by atoms with van der Waals surface area (Å²) in [7, 11) is 0. The van der Waals surface area contributed by atoms with Crippen LogP contribution in [0.5, 0.6) is 11.5 Å². The molecule has 2 atom stereocenters. The zero-order valence-corrected chi connectivity index (χ0v) is 14.4. The van der Waals surface area contributed by atoms with Crippen LogP contribution >= 0.6 is 0 Å². The van der Waals surface area contributed by atoms with Gasteiger partial charge in [-0.3, -0.25) is 4.79 Å². The summed E-state index contributed by atoms with van der Waals surface area (Å²) in [6.45, 7) is -6.48. The Morgan fingerprint density at radius 1 is 1.14 bits per heavy atom. The van der Waals surface area contributed by atoms with E-state index >= 15 is 0 Å². The normalized spacial score (nSPS) is 17.9. The van der Waals surface area contributed by atoms with Gasteiger partial charge in [0, 0.05) is 12.1 Å². The highest BCUT2D eigenvalue weighted by atomic mass is 19.3. The molecule has 8 nitrogen and oxygen atoms in total. The summed E-state index contributed by atoms with van der Waals surface area (Å²) < 4.78 is 58.3. The van der Waals surface area contributed by atoms with E-state index < -0.39 is 48.4 Å². The molecule has 0 saturated heterocycles. The van der Waals surface area contributed by atoms with Gasteiger partial charge in [-0.1, -0.05) is 6.07 Å². The van der Waals surface area contributed by atoms with Crippen LogP contribution in [0.1, 0.15) is 28.3 Å². The molecule has 2 N–H and O–H groups in total. The molecular formula is C17H13F4N3O5. The number of rotatable bonds is 8. The van der Waals surface area contributed by atoms with Gasteiger partial charge < -0.3 is 19.9 Å². The lowest BCUT2D eigenvalue weighted by molar-refractivity contribution is -0.117. The van der Waals surface area contributed by atoms with Gasteiger partial charge in [0.05, 0.1) is 0 Å². The number of ether oxygens (including phenoxy) is 2. The Hall–Kier alpha value is -3.44. The molecule has 154 valence electrons. The van der Waals surface area contributed by atoms with Crippen molar-refractivity contribution in [3.05, 3.63) is 41.9 Å². The van der Waals surface area contributed by atoms with E-state index in [4.69, 9.17) is 5.11 Å². The molecule has 1 aromatic carbocycles. The van der Waals surface area contributed by atoms with E-state index in [1.54, 1.807) is 0 Å². The Morgan fingerprint density at radius 2 is 1.83 bits per heavy atom. The number of nitrogens with zero attached hydrogens (tertiary/aromatic N) is 2. The van der Waals surface area contributed by atoms with E-state index in [0.717, 1.165) is 24.7 Å². The number of hydrogen-bond donors (Lipinski definition) is 2. The number of alkyl halides is 4. The molecule has 1 aliphatic rings. The maximum atomic E-state index is 12.5. The number of benzene rings is 1. The van der Waals surface area contributed by atoms with E-state index in [0.29, 0.717) is 12.0 Å². The summed E-state index contributed by atoms with van der Waals surface area (Å²) in [5.41, 5.74) is 0.114. The largest absolute Gasteiger partial charge is 0.477 e. The third-order valence-corrected chi connectivity index (χ3v) is 4.14. The van der Waals surface area contributed by atoms with Gasteiger partial charge in [-0.15, -0.1) is 0 Å². The number of halogens is 4. The minimum Gasteiger partial charge on any atom is -0.477 e. The molecule has 1 aromatic heterocycles. The summed E-state index contributed by atoms with van der Waals surface area (Å²) in [6, 6.07) is 3.52. The number of aromatic carboxylic acids is 1. The van der Waals surface area contributed by atoms with Crippen LogP contribution in [0, 0.1) is 5.92 Å². The van der Waals surface area contributed by atoms with E-state index in [2.05, 4.69) is 24.8 Å². The number of nitrogens with one attached hydrogen (secondary N) is 1. The van der Waals surface area contributed by atoms with Crippen LogP contribution in [-0.4, -0.2) is 40.2 Å². The number of aromatic nitrogens is 2. The monoisotopic (exact) mass is 415 g/mol. The molecule has 29 heavy (non-hydrogen) atoms. The van der Waals surface area contributed by atoms with E-state index in [1.807, 2.05) is 0 Å². The predicted octanol–water partition coefficient (Wildman–Crippen LogP) is 3.12. The van der Waals surface area contributed by atoms with Crippen molar-refractivity contribution >= 4 is 17.7 Å². The highest BCUT2D eigenvalue weighted by Crippen LogP contribution is 2.49. The fourth-order valence-electron chi connectivity index (χ4n) is 2.79. The smallest absolute Gasteiger partial charge is 0.387 e. The zero-order chi connectivity index (χ0) is 21.1. The molecule has 1 amide bonds. The van der Waals surface area contributed by atoms with Crippen LogP contribution in [-0.2, 0) is 4.79 Å². The molecule has 2 unspecified atom stereocenters. The van der Waals surface area contributed by atoms with Crippen molar-refractivity contribution in [1.29, 1.82) is 0 Å². The fraction of sp³-hybridized carbons (Fsp3) is 0.294. The molecule has 0 aliphatic heterocycles. The number of carboxylic acid groups (broad SMARTS) is 1. The van der Waals surface area contributed by atoms with Gasteiger partial charge in [0.15, 0.2) is 17.3 Å². The first-order chi connectivity index (χ1) is 13.8. The quantitative estimate of drug-likeness (QED) is 0.638. The Kier molecular flexibility index (Phi) is 5.80. The second-order valence-corrected chi connectivity index (χ2v) is 5.99. The lowest BCUT2D eigenvalue weighted by Crippen LogP contribution is -2.18. The van der Waals surface area contributed by atoms with Gasteiger partial charge in [-0.05, 0) is 30.0 Å². The molecule has 0 spiro atoms. The second kappa shape index (κ2) is 8.29. The Labute approximate surface area is 160 Å². The lowest BCUT2D eigenvalue weighted by atomic mass is 10.1. The highest BCUT2D eigenvalue weighted by Gasteiger charge is 2.44. The summed E-state index contributed by atoms with van der Waals surface area (Å²) in [6.07, 6.45) is 2.44. The predicted molar refractivity (Wildman–Crippen MR) is 88.2 cm³/mol. The maximum Gasteiger partial charge on any atom is 0.387 e. The molecule has 1 fully saturated rings. The molecule has 1 saturated carbocycles. The summed E-state index contributed by atoms with van der Waals surface area (Å²) in [5.74, 6) is -4.15.